The van der Waals surface area contributed by atoms with Gasteiger partial charge in [0.25, 0.3) is 0 Å². The summed E-state index contributed by atoms with van der Waals surface area (Å²) >= 11 is 0. The van der Waals surface area contributed by atoms with Gasteiger partial charge in [-0.05, 0) is 6.42 Å². The number of hydrogen-bond donors (Lipinski definition) is 2. The summed E-state index contributed by atoms with van der Waals surface area (Å²) in [5.41, 5.74) is 0. The smallest absolute Gasteiger partial charge is 0.154 e. The van der Waals surface area contributed by atoms with Crippen LogP contribution < -0.4 is 5.32 Å². The van der Waals surface area contributed by atoms with Crippen molar-refractivity contribution in [1.82, 2.24) is 5.32 Å². The molecule has 5 nitrogen and oxygen atoms in total. The van der Waals surface area contributed by atoms with Gasteiger partial charge in [0.1, 0.15) is 0 Å². The summed E-state index contributed by atoms with van der Waals surface area (Å²) in [6.07, 6.45) is 1.79. The van der Waals surface area contributed by atoms with E-state index in [1.807, 2.05) is 0 Å². The molecule has 6 heteroatoms. The summed E-state index contributed by atoms with van der Waals surface area (Å²) in [6, 6.07) is -0.354. The number of sulfone groups is 1. The van der Waals surface area contributed by atoms with Crippen LogP contribution in [-0.4, -0.2) is 56.9 Å². The summed E-state index contributed by atoms with van der Waals surface area (Å²) in [4.78, 5) is 0. The number of ether oxygens (including phenoxy) is 1. The lowest BCUT2D eigenvalue weighted by Crippen LogP contribution is -2.40. The van der Waals surface area contributed by atoms with E-state index in [4.69, 9.17) is 4.74 Å². The predicted octanol–water partition coefficient (Wildman–Crippen LogP) is -0.673. The first-order valence-corrected chi connectivity index (χ1v) is 7.18. The molecule has 2 atom stereocenters. The zero-order valence-electron chi connectivity index (χ0n) is 9.26. The van der Waals surface area contributed by atoms with Crippen LogP contribution in [0.1, 0.15) is 6.42 Å². The van der Waals surface area contributed by atoms with Crippen LogP contribution in [0.25, 0.3) is 0 Å². The SMILES string of the molecule is C=CCCOCCNC1CS(=O)(=O)CC1O. The van der Waals surface area contributed by atoms with Gasteiger partial charge in [-0.1, -0.05) is 6.08 Å². The molecule has 1 rings (SSSR count). The minimum absolute atomic E-state index is 0.0147. The molecule has 1 aliphatic heterocycles. The molecular formula is C10H19NO4S. The second kappa shape index (κ2) is 6.34. The zero-order chi connectivity index (χ0) is 12.0. The molecule has 2 unspecified atom stereocenters. The molecule has 2 N–H and O–H groups in total. The third-order valence-corrected chi connectivity index (χ3v) is 4.16. The maximum Gasteiger partial charge on any atom is 0.154 e. The Bertz CT molecular complexity index is 315. The van der Waals surface area contributed by atoms with E-state index in [9.17, 15) is 13.5 Å². The molecule has 1 fully saturated rings. The Labute approximate surface area is 96.4 Å². The van der Waals surface area contributed by atoms with E-state index in [1.54, 1.807) is 6.08 Å². The van der Waals surface area contributed by atoms with Gasteiger partial charge >= 0.3 is 0 Å². The maximum atomic E-state index is 11.2. The van der Waals surface area contributed by atoms with Crippen LogP contribution in [0.15, 0.2) is 12.7 Å². The first kappa shape index (κ1) is 13.6. The van der Waals surface area contributed by atoms with Gasteiger partial charge < -0.3 is 15.2 Å². The van der Waals surface area contributed by atoms with Gasteiger partial charge in [-0.3, -0.25) is 0 Å². The quantitative estimate of drug-likeness (QED) is 0.462. The topological polar surface area (TPSA) is 75.6 Å². The van der Waals surface area contributed by atoms with Crippen LogP contribution in [0.4, 0.5) is 0 Å². The van der Waals surface area contributed by atoms with E-state index in [2.05, 4.69) is 11.9 Å². The molecule has 94 valence electrons. The van der Waals surface area contributed by atoms with Crippen molar-refractivity contribution in [3.8, 4) is 0 Å². The lowest BCUT2D eigenvalue weighted by atomic mass is 10.2. The molecule has 0 saturated carbocycles. The van der Waals surface area contributed by atoms with Crippen molar-refractivity contribution < 1.29 is 18.3 Å². The summed E-state index contributed by atoms with van der Waals surface area (Å²) < 4.78 is 27.6. The summed E-state index contributed by atoms with van der Waals surface area (Å²) in [5.74, 6) is -0.122. The summed E-state index contributed by atoms with van der Waals surface area (Å²) in [6.45, 7) is 5.25. The maximum absolute atomic E-state index is 11.2. The van der Waals surface area contributed by atoms with Gasteiger partial charge in [0.05, 0.1) is 30.8 Å². The third-order valence-electron chi connectivity index (χ3n) is 2.44. The lowest BCUT2D eigenvalue weighted by Gasteiger charge is -2.14. The minimum Gasteiger partial charge on any atom is -0.390 e. The molecule has 1 saturated heterocycles. The Hall–Kier alpha value is -0.430. The zero-order valence-corrected chi connectivity index (χ0v) is 10.1. The molecule has 0 radical (unpaired) electrons. The number of nitrogens with one attached hydrogen (secondary N) is 1. The van der Waals surface area contributed by atoms with E-state index in [-0.39, 0.29) is 17.5 Å². The number of aliphatic hydroxyl groups excluding tert-OH is 1. The highest BCUT2D eigenvalue weighted by molar-refractivity contribution is 7.91. The molecule has 0 bridgehead atoms. The van der Waals surface area contributed by atoms with Gasteiger partial charge in [-0.25, -0.2) is 8.42 Å². The van der Waals surface area contributed by atoms with Crippen molar-refractivity contribution in [3.05, 3.63) is 12.7 Å². The fourth-order valence-electron chi connectivity index (χ4n) is 1.61. The molecule has 1 aliphatic rings. The molecule has 0 aromatic rings. The van der Waals surface area contributed by atoms with Crippen molar-refractivity contribution in [2.75, 3.05) is 31.3 Å². The monoisotopic (exact) mass is 249 g/mol. The minimum atomic E-state index is -3.06. The average Bonchev–Trinajstić information content (AvgIpc) is 2.45. The molecule has 1 heterocycles. The van der Waals surface area contributed by atoms with Gasteiger partial charge in [0, 0.05) is 12.6 Å². The van der Waals surface area contributed by atoms with Crippen LogP contribution in [0.5, 0.6) is 0 Å². The highest BCUT2D eigenvalue weighted by Gasteiger charge is 2.35. The van der Waals surface area contributed by atoms with Crippen molar-refractivity contribution in [2.24, 2.45) is 0 Å². The van der Waals surface area contributed by atoms with E-state index in [0.717, 1.165) is 6.42 Å². The normalized spacial score (nSPS) is 28.1. The number of hydrogen-bond acceptors (Lipinski definition) is 5. The lowest BCUT2D eigenvalue weighted by molar-refractivity contribution is 0.125. The van der Waals surface area contributed by atoms with E-state index < -0.39 is 15.9 Å². The van der Waals surface area contributed by atoms with Gasteiger partial charge in [0.15, 0.2) is 9.84 Å². The molecule has 16 heavy (non-hydrogen) atoms. The molecule has 0 aromatic heterocycles. The van der Waals surface area contributed by atoms with Crippen LogP contribution in [-0.2, 0) is 14.6 Å². The Kier molecular flexibility index (Phi) is 5.40. The average molecular weight is 249 g/mol. The van der Waals surface area contributed by atoms with Crippen molar-refractivity contribution >= 4 is 9.84 Å². The van der Waals surface area contributed by atoms with Crippen LogP contribution >= 0.6 is 0 Å². The molecule has 0 aromatic carbocycles. The van der Waals surface area contributed by atoms with Crippen LogP contribution in [0.3, 0.4) is 0 Å². The number of rotatable bonds is 7. The standard InChI is InChI=1S/C10H19NO4S/c1-2-3-5-15-6-4-11-9-7-16(13,14)8-10(9)12/h2,9-12H,1,3-8H2. The van der Waals surface area contributed by atoms with Crippen molar-refractivity contribution in [1.29, 1.82) is 0 Å². The summed E-state index contributed by atoms with van der Waals surface area (Å²) in [5, 5.41) is 12.5. The Morgan fingerprint density at radius 2 is 2.19 bits per heavy atom. The highest BCUT2D eigenvalue weighted by Crippen LogP contribution is 2.11. The molecule has 0 spiro atoms. The summed E-state index contributed by atoms with van der Waals surface area (Å²) in [7, 11) is -3.06. The van der Waals surface area contributed by atoms with Crippen LogP contribution in [0, 0.1) is 0 Å². The van der Waals surface area contributed by atoms with Gasteiger partial charge in [0.2, 0.25) is 0 Å². The fourth-order valence-corrected chi connectivity index (χ4v) is 3.39. The first-order chi connectivity index (χ1) is 7.55. The predicted molar refractivity (Wildman–Crippen MR) is 62.1 cm³/mol. The molecule has 0 aliphatic carbocycles. The molecular weight excluding hydrogens is 230 g/mol. The highest BCUT2D eigenvalue weighted by atomic mass is 32.2. The van der Waals surface area contributed by atoms with Gasteiger partial charge in [-0.2, -0.15) is 0 Å². The second-order valence-corrected chi connectivity index (χ2v) is 6.05. The Balaban J connectivity index is 2.12. The van der Waals surface area contributed by atoms with E-state index >= 15 is 0 Å². The largest absolute Gasteiger partial charge is 0.390 e. The fraction of sp³-hybridized carbons (Fsp3) is 0.800. The Morgan fingerprint density at radius 3 is 2.75 bits per heavy atom. The van der Waals surface area contributed by atoms with Crippen LogP contribution in [0.2, 0.25) is 0 Å². The van der Waals surface area contributed by atoms with Crippen molar-refractivity contribution in [2.45, 2.75) is 18.6 Å². The Morgan fingerprint density at radius 1 is 1.44 bits per heavy atom. The van der Waals surface area contributed by atoms with Gasteiger partial charge in [-0.15, -0.1) is 6.58 Å². The second-order valence-electron chi connectivity index (χ2n) is 3.89. The third kappa shape index (κ3) is 4.61. The molecule has 0 amide bonds. The van der Waals surface area contributed by atoms with E-state index in [0.29, 0.717) is 19.8 Å². The number of aliphatic hydroxyl groups is 1. The van der Waals surface area contributed by atoms with E-state index in [1.165, 1.54) is 0 Å². The van der Waals surface area contributed by atoms with Crippen molar-refractivity contribution in [3.63, 3.8) is 0 Å². The first-order valence-electron chi connectivity index (χ1n) is 5.35.